The molecule has 2 heterocycles. The summed E-state index contributed by atoms with van der Waals surface area (Å²) >= 11 is 0. The Bertz CT molecular complexity index is 1100. The van der Waals surface area contributed by atoms with E-state index in [9.17, 15) is 19.2 Å². The van der Waals surface area contributed by atoms with Gasteiger partial charge in [0.15, 0.2) is 6.17 Å². The fraction of sp³-hybridized carbons (Fsp3) is 0.417. The van der Waals surface area contributed by atoms with E-state index in [1.54, 1.807) is 36.5 Å². The lowest BCUT2D eigenvalue weighted by atomic mass is 10.0. The number of hydrogen-bond acceptors (Lipinski definition) is 6. The average Bonchev–Trinajstić information content (AvgIpc) is 3.57. The minimum atomic E-state index is -1.43. The van der Waals surface area contributed by atoms with Gasteiger partial charge in [-0.3, -0.25) is 9.59 Å². The zero-order valence-corrected chi connectivity index (χ0v) is 18.2. The van der Waals surface area contributed by atoms with E-state index in [1.165, 1.54) is 4.90 Å². The number of benzene rings is 1. The minimum absolute atomic E-state index is 0.0324. The SMILES string of the molecule is CC1CC1C(=O)Nc1cc(-c2ccc(O[C@H]3CCN(C(=O)CO)C[C@H]3F)c(C#N)c2)ccn1. The molecule has 172 valence electrons. The van der Waals surface area contributed by atoms with Gasteiger partial charge >= 0.3 is 0 Å². The van der Waals surface area contributed by atoms with Crippen molar-refractivity contribution >= 4 is 17.6 Å². The summed E-state index contributed by atoms with van der Waals surface area (Å²) in [5.41, 5.74) is 1.76. The molecular weight excluding hydrogens is 427 g/mol. The molecule has 2 aliphatic rings. The number of nitriles is 1. The molecule has 33 heavy (non-hydrogen) atoms. The number of carbonyl (C=O) groups excluding carboxylic acids is 2. The summed E-state index contributed by atoms with van der Waals surface area (Å²) < 4.78 is 20.4. The number of pyridine rings is 1. The third-order valence-corrected chi connectivity index (χ3v) is 6.14. The van der Waals surface area contributed by atoms with Gasteiger partial charge in [-0.05, 0) is 47.7 Å². The minimum Gasteiger partial charge on any atom is -0.486 e. The van der Waals surface area contributed by atoms with Crippen molar-refractivity contribution in [2.24, 2.45) is 11.8 Å². The van der Waals surface area contributed by atoms with Gasteiger partial charge in [-0.1, -0.05) is 13.0 Å². The van der Waals surface area contributed by atoms with Crippen molar-refractivity contribution in [2.45, 2.75) is 32.0 Å². The number of aliphatic hydroxyl groups excluding tert-OH is 1. The van der Waals surface area contributed by atoms with Crippen LogP contribution in [0.1, 0.15) is 25.3 Å². The monoisotopic (exact) mass is 452 g/mol. The van der Waals surface area contributed by atoms with Crippen LogP contribution >= 0.6 is 0 Å². The Morgan fingerprint density at radius 2 is 2.09 bits per heavy atom. The number of likely N-dealkylation sites (tertiary alicyclic amines) is 1. The number of alkyl halides is 1. The van der Waals surface area contributed by atoms with Crippen molar-refractivity contribution in [3.8, 4) is 22.9 Å². The zero-order valence-electron chi connectivity index (χ0n) is 18.2. The van der Waals surface area contributed by atoms with Crippen LogP contribution in [0.4, 0.5) is 10.2 Å². The number of halogens is 1. The zero-order chi connectivity index (χ0) is 23.5. The van der Waals surface area contributed by atoms with Crippen molar-refractivity contribution in [1.82, 2.24) is 9.88 Å². The number of piperidine rings is 1. The molecule has 2 aromatic rings. The third-order valence-electron chi connectivity index (χ3n) is 6.14. The maximum Gasteiger partial charge on any atom is 0.248 e. The highest BCUT2D eigenvalue weighted by Gasteiger charge is 2.39. The fourth-order valence-electron chi connectivity index (χ4n) is 3.99. The van der Waals surface area contributed by atoms with E-state index < -0.39 is 24.8 Å². The smallest absolute Gasteiger partial charge is 0.248 e. The third kappa shape index (κ3) is 5.12. The Balaban J connectivity index is 1.46. The molecule has 8 nitrogen and oxygen atoms in total. The lowest BCUT2D eigenvalue weighted by molar-refractivity contribution is -0.138. The van der Waals surface area contributed by atoms with E-state index in [2.05, 4.69) is 16.4 Å². The molecule has 1 aromatic heterocycles. The van der Waals surface area contributed by atoms with Gasteiger partial charge < -0.3 is 20.1 Å². The predicted molar refractivity (Wildman–Crippen MR) is 118 cm³/mol. The van der Waals surface area contributed by atoms with Gasteiger partial charge in [0.05, 0.1) is 12.1 Å². The molecular formula is C24H25FN4O4. The van der Waals surface area contributed by atoms with Gasteiger partial charge in [-0.2, -0.15) is 5.26 Å². The summed E-state index contributed by atoms with van der Waals surface area (Å²) in [7, 11) is 0. The fourth-order valence-corrected chi connectivity index (χ4v) is 3.99. The molecule has 1 aromatic carbocycles. The molecule has 1 saturated carbocycles. The molecule has 2 N–H and O–H groups in total. The van der Waals surface area contributed by atoms with E-state index in [4.69, 9.17) is 9.84 Å². The quantitative estimate of drug-likeness (QED) is 0.696. The summed E-state index contributed by atoms with van der Waals surface area (Å²) in [6.45, 7) is 1.49. The number of carbonyl (C=O) groups is 2. The first kappa shape index (κ1) is 22.7. The number of hydrogen-bond donors (Lipinski definition) is 2. The number of nitrogens with one attached hydrogen (secondary N) is 1. The normalized spacial score (nSPS) is 24.0. The van der Waals surface area contributed by atoms with Gasteiger partial charge in [-0.25, -0.2) is 9.37 Å². The number of ether oxygens (including phenoxy) is 1. The Morgan fingerprint density at radius 3 is 2.76 bits per heavy atom. The standard InChI is InChI=1S/C24H25FN4O4/c1-14-8-18(14)24(32)28-22-10-16(4-6-27-22)15-2-3-20(17(9-15)11-26)33-21-5-7-29(12-19(21)25)23(31)13-30/h2-4,6,9-10,14,18-19,21,30H,5,7-8,12-13H2,1H3,(H,27,28,32)/t14?,18?,19-,21+/m1/s1. The second-order valence-corrected chi connectivity index (χ2v) is 8.52. The molecule has 1 aliphatic carbocycles. The number of aromatic nitrogens is 1. The average molecular weight is 452 g/mol. The van der Waals surface area contributed by atoms with Gasteiger partial charge in [0.2, 0.25) is 11.8 Å². The summed E-state index contributed by atoms with van der Waals surface area (Å²) in [6, 6.07) is 10.6. The van der Waals surface area contributed by atoms with Crippen molar-refractivity contribution in [3.63, 3.8) is 0 Å². The molecule has 1 aliphatic heterocycles. The second kappa shape index (κ2) is 9.55. The topological polar surface area (TPSA) is 116 Å². The largest absolute Gasteiger partial charge is 0.486 e. The van der Waals surface area contributed by atoms with Crippen LogP contribution in [0.15, 0.2) is 36.5 Å². The van der Waals surface area contributed by atoms with E-state index in [1.807, 2.05) is 6.92 Å². The molecule has 4 atom stereocenters. The van der Waals surface area contributed by atoms with Crippen LogP contribution in [0.3, 0.4) is 0 Å². The maximum absolute atomic E-state index is 14.6. The van der Waals surface area contributed by atoms with E-state index in [-0.39, 0.29) is 42.6 Å². The number of rotatable bonds is 6. The Kier molecular flexibility index (Phi) is 6.56. The van der Waals surface area contributed by atoms with Crippen LogP contribution < -0.4 is 10.1 Å². The Labute approximate surface area is 191 Å². The van der Waals surface area contributed by atoms with Crippen molar-refractivity contribution in [2.75, 3.05) is 25.0 Å². The molecule has 9 heteroatoms. The van der Waals surface area contributed by atoms with Gasteiger partial charge in [0.1, 0.15) is 30.3 Å². The first-order chi connectivity index (χ1) is 15.9. The predicted octanol–water partition coefficient (Wildman–Crippen LogP) is 2.52. The van der Waals surface area contributed by atoms with Crippen LogP contribution in [0.25, 0.3) is 11.1 Å². The van der Waals surface area contributed by atoms with Crippen LogP contribution in [0, 0.1) is 23.2 Å². The van der Waals surface area contributed by atoms with Crippen LogP contribution in [0.5, 0.6) is 5.75 Å². The van der Waals surface area contributed by atoms with E-state index in [0.29, 0.717) is 11.7 Å². The van der Waals surface area contributed by atoms with Crippen molar-refractivity contribution in [1.29, 1.82) is 5.26 Å². The summed E-state index contributed by atoms with van der Waals surface area (Å²) in [5.74, 6) is 0.579. The van der Waals surface area contributed by atoms with Crippen LogP contribution in [-0.2, 0) is 9.59 Å². The van der Waals surface area contributed by atoms with Crippen molar-refractivity contribution in [3.05, 3.63) is 42.1 Å². The highest BCUT2D eigenvalue weighted by Crippen LogP contribution is 2.38. The van der Waals surface area contributed by atoms with Gasteiger partial charge in [-0.15, -0.1) is 0 Å². The lowest BCUT2D eigenvalue weighted by Crippen LogP contribution is -2.50. The number of anilines is 1. The number of aliphatic hydroxyl groups is 1. The molecule has 0 spiro atoms. The highest BCUT2D eigenvalue weighted by molar-refractivity contribution is 5.94. The van der Waals surface area contributed by atoms with Crippen molar-refractivity contribution < 1.29 is 23.8 Å². The Morgan fingerprint density at radius 1 is 1.33 bits per heavy atom. The maximum atomic E-state index is 14.6. The van der Waals surface area contributed by atoms with Crippen LogP contribution in [0.2, 0.25) is 0 Å². The summed E-state index contributed by atoms with van der Waals surface area (Å²) in [6.07, 6.45) is 0.508. The van der Waals surface area contributed by atoms with Crippen LogP contribution in [-0.4, -0.2) is 58.8 Å². The number of amides is 2. The molecule has 1 saturated heterocycles. The first-order valence-electron chi connectivity index (χ1n) is 10.9. The van der Waals surface area contributed by atoms with Gasteiger partial charge in [0.25, 0.3) is 0 Å². The van der Waals surface area contributed by atoms with E-state index in [0.717, 1.165) is 17.5 Å². The molecule has 2 fully saturated rings. The summed E-state index contributed by atoms with van der Waals surface area (Å²) in [5, 5.41) is 21.4. The van der Waals surface area contributed by atoms with E-state index >= 15 is 0 Å². The molecule has 2 amide bonds. The number of nitrogens with zero attached hydrogens (tertiary/aromatic N) is 3. The summed E-state index contributed by atoms with van der Waals surface area (Å²) in [4.78, 5) is 29.2. The molecule has 0 radical (unpaired) electrons. The molecule has 0 bridgehead atoms. The Hall–Kier alpha value is -3.51. The second-order valence-electron chi connectivity index (χ2n) is 8.52. The molecule has 2 unspecified atom stereocenters. The highest BCUT2D eigenvalue weighted by atomic mass is 19.1. The lowest BCUT2D eigenvalue weighted by Gasteiger charge is -2.34. The first-order valence-corrected chi connectivity index (χ1v) is 10.9. The van der Waals surface area contributed by atoms with Gasteiger partial charge in [0, 0.05) is 25.1 Å². The molecule has 4 rings (SSSR count).